The Morgan fingerprint density at radius 3 is 2.44 bits per heavy atom. The second-order valence-electron chi connectivity index (χ2n) is 5.02. The average molecular weight is 253 g/mol. The highest BCUT2D eigenvalue weighted by Crippen LogP contribution is 2.20. The van der Waals surface area contributed by atoms with E-state index in [0.717, 1.165) is 0 Å². The van der Waals surface area contributed by atoms with Crippen LogP contribution < -0.4 is 4.74 Å². The van der Waals surface area contributed by atoms with Gasteiger partial charge in [0, 0.05) is 6.42 Å². The fraction of sp³-hybridized carbons (Fsp3) is 0.500. The van der Waals surface area contributed by atoms with Crippen molar-refractivity contribution in [2.45, 2.75) is 25.8 Å². The zero-order chi connectivity index (χ0) is 13.9. The zero-order valence-corrected chi connectivity index (χ0v) is 11.6. The molecule has 3 nitrogen and oxygen atoms in total. The number of nitrogens with zero attached hydrogens (tertiary/aromatic N) is 1. The topological polar surface area (TPSA) is 29.5 Å². The maximum Gasteiger partial charge on any atom is 0.165 e. The number of benzene rings is 1. The van der Waals surface area contributed by atoms with E-state index in [2.05, 4.69) is 0 Å². The molecular formula is C14H20FNO2. The number of methoxy groups -OCH3 is 1. The van der Waals surface area contributed by atoms with Gasteiger partial charge in [0.05, 0.1) is 12.6 Å². The molecule has 1 aromatic rings. The molecule has 4 heteroatoms. The van der Waals surface area contributed by atoms with Crippen molar-refractivity contribution in [1.29, 1.82) is 0 Å². The summed E-state index contributed by atoms with van der Waals surface area (Å²) in [5, 5.41) is 0. The number of hydrogen-bond acceptors (Lipinski definition) is 3. The quantitative estimate of drug-likeness (QED) is 0.806. The van der Waals surface area contributed by atoms with E-state index < -0.39 is 11.4 Å². The first-order valence-corrected chi connectivity index (χ1v) is 5.82. The SMILES string of the molecule is COc1ccc(CC(=O)C(C)(C)N(C)C)cc1F. The summed E-state index contributed by atoms with van der Waals surface area (Å²) < 4.78 is 18.4. The summed E-state index contributed by atoms with van der Waals surface area (Å²) in [6.45, 7) is 3.71. The molecule has 0 aliphatic carbocycles. The van der Waals surface area contributed by atoms with Crippen molar-refractivity contribution in [2.24, 2.45) is 0 Å². The van der Waals surface area contributed by atoms with Crippen molar-refractivity contribution < 1.29 is 13.9 Å². The van der Waals surface area contributed by atoms with E-state index in [-0.39, 0.29) is 18.0 Å². The second-order valence-corrected chi connectivity index (χ2v) is 5.02. The molecule has 0 amide bonds. The lowest BCUT2D eigenvalue weighted by atomic mass is 9.92. The van der Waals surface area contributed by atoms with Crippen molar-refractivity contribution in [2.75, 3.05) is 21.2 Å². The number of carbonyl (C=O) groups is 1. The molecule has 0 saturated carbocycles. The number of likely N-dealkylation sites (N-methyl/N-ethyl adjacent to an activating group) is 1. The predicted molar refractivity (Wildman–Crippen MR) is 69.4 cm³/mol. The number of Topliss-reactive ketones (excluding diaryl/α,β-unsaturated/α-hetero) is 1. The molecule has 0 bridgehead atoms. The smallest absolute Gasteiger partial charge is 0.165 e. The van der Waals surface area contributed by atoms with Crippen LogP contribution in [0.25, 0.3) is 0 Å². The standard InChI is InChI=1S/C14H20FNO2/c1-14(2,16(3)4)13(17)9-10-6-7-12(18-5)11(15)8-10/h6-8H,9H2,1-5H3. The molecule has 1 rings (SSSR count). The lowest BCUT2D eigenvalue weighted by molar-refractivity contribution is -0.127. The van der Waals surface area contributed by atoms with Crippen LogP contribution in [0.1, 0.15) is 19.4 Å². The zero-order valence-electron chi connectivity index (χ0n) is 11.6. The molecule has 0 heterocycles. The molecule has 0 aliphatic rings. The molecule has 18 heavy (non-hydrogen) atoms. The van der Waals surface area contributed by atoms with Crippen LogP contribution in [0.3, 0.4) is 0 Å². The number of carbonyl (C=O) groups excluding carboxylic acids is 1. The molecule has 0 N–H and O–H groups in total. The van der Waals surface area contributed by atoms with E-state index in [1.165, 1.54) is 13.2 Å². The Hall–Kier alpha value is -1.42. The van der Waals surface area contributed by atoms with Gasteiger partial charge in [-0.25, -0.2) is 4.39 Å². The van der Waals surface area contributed by atoms with Gasteiger partial charge in [-0.3, -0.25) is 9.69 Å². The lowest BCUT2D eigenvalue weighted by Gasteiger charge is -2.30. The fourth-order valence-corrected chi connectivity index (χ4v) is 1.47. The minimum atomic E-state index is -0.559. The third-order valence-electron chi connectivity index (χ3n) is 3.38. The van der Waals surface area contributed by atoms with Gasteiger partial charge < -0.3 is 4.74 Å². The maximum absolute atomic E-state index is 13.5. The molecule has 0 spiro atoms. The minimum absolute atomic E-state index is 0.0528. The summed E-state index contributed by atoms with van der Waals surface area (Å²) in [6, 6.07) is 4.61. The van der Waals surface area contributed by atoms with E-state index >= 15 is 0 Å². The number of ether oxygens (including phenoxy) is 1. The first-order valence-electron chi connectivity index (χ1n) is 5.82. The minimum Gasteiger partial charge on any atom is -0.494 e. The molecule has 0 saturated heterocycles. The van der Waals surface area contributed by atoms with Crippen LogP contribution >= 0.6 is 0 Å². The average Bonchev–Trinajstić information content (AvgIpc) is 2.28. The van der Waals surface area contributed by atoms with Crippen LogP contribution in [0, 0.1) is 5.82 Å². The molecule has 0 radical (unpaired) electrons. The monoisotopic (exact) mass is 253 g/mol. The van der Waals surface area contributed by atoms with Gasteiger partial charge in [-0.15, -0.1) is 0 Å². The van der Waals surface area contributed by atoms with E-state index in [0.29, 0.717) is 5.56 Å². The number of halogens is 1. The van der Waals surface area contributed by atoms with Gasteiger partial charge in [0.25, 0.3) is 0 Å². The van der Waals surface area contributed by atoms with E-state index in [1.54, 1.807) is 12.1 Å². The Morgan fingerprint density at radius 1 is 1.39 bits per heavy atom. The summed E-state index contributed by atoms with van der Waals surface area (Å²) in [5.74, 6) is -0.194. The van der Waals surface area contributed by atoms with Gasteiger partial charge >= 0.3 is 0 Å². The highest BCUT2D eigenvalue weighted by Gasteiger charge is 2.29. The molecule has 0 unspecified atom stereocenters. The number of hydrogen-bond donors (Lipinski definition) is 0. The summed E-state index contributed by atoms with van der Waals surface area (Å²) in [4.78, 5) is 14.0. The van der Waals surface area contributed by atoms with Gasteiger partial charge in [0.15, 0.2) is 17.3 Å². The molecule has 0 fully saturated rings. The van der Waals surface area contributed by atoms with Gasteiger partial charge in [-0.2, -0.15) is 0 Å². The molecular weight excluding hydrogens is 233 g/mol. The van der Waals surface area contributed by atoms with Crippen molar-refractivity contribution >= 4 is 5.78 Å². The first-order chi connectivity index (χ1) is 8.28. The van der Waals surface area contributed by atoms with Gasteiger partial charge in [0.1, 0.15) is 0 Å². The highest BCUT2D eigenvalue weighted by molar-refractivity contribution is 5.89. The van der Waals surface area contributed by atoms with Gasteiger partial charge in [0.2, 0.25) is 0 Å². The molecule has 0 aromatic heterocycles. The van der Waals surface area contributed by atoms with Crippen LogP contribution in [-0.2, 0) is 11.2 Å². The van der Waals surface area contributed by atoms with Crippen molar-refractivity contribution in [1.82, 2.24) is 4.90 Å². The third kappa shape index (κ3) is 3.07. The van der Waals surface area contributed by atoms with E-state index in [1.807, 2.05) is 32.8 Å². The van der Waals surface area contributed by atoms with E-state index in [4.69, 9.17) is 4.74 Å². The molecule has 1 aromatic carbocycles. The summed E-state index contributed by atoms with van der Waals surface area (Å²) >= 11 is 0. The highest BCUT2D eigenvalue weighted by atomic mass is 19.1. The van der Waals surface area contributed by atoms with Crippen molar-refractivity contribution in [3.63, 3.8) is 0 Å². The Labute approximate surface area is 108 Å². The Kier molecular flexibility index (Phi) is 4.46. The molecule has 0 aliphatic heterocycles. The third-order valence-corrected chi connectivity index (χ3v) is 3.38. The van der Waals surface area contributed by atoms with E-state index in [9.17, 15) is 9.18 Å². The van der Waals surface area contributed by atoms with Crippen LogP contribution in [0.2, 0.25) is 0 Å². The van der Waals surface area contributed by atoms with Gasteiger partial charge in [-0.1, -0.05) is 6.07 Å². The van der Waals surface area contributed by atoms with Crippen molar-refractivity contribution in [3.8, 4) is 5.75 Å². The number of rotatable bonds is 5. The Balaban J connectivity index is 2.86. The largest absolute Gasteiger partial charge is 0.494 e. The fourth-order valence-electron chi connectivity index (χ4n) is 1.47. The number of ketones is 1. The van der Waals surface area contributed by atoms with Crippen LogP contribution in [-0.4, -0.2) is 37.4 Å². The Bertz CT molecular complexity index is 441. The molecule has 0 atom stereocenters. The summed E-state index contributed by atoms with van der Waals surface area (Å²) in [5.41, 5.74) is 0.101. The summed E-state index contributed by atoms with van der Waals surface area (Å²) in [7, 11) is 5.12. The van der Waals surface area contributed by atoms with Gasteiger partial charge in [-0.05, 0) is 45.6 Å². The van der Waals surface area contributed by atoms with Crippen LogP contribution in [0.4, 0.5) is 4.39 Å². The summed E-state index contributed by atoms with van der Waals surface area (Å²) in [6.07, 6.45) is 0.214. The molecule has 100 valence electrons. The lowest BCUT2D eigenvalue weighted by Crippen LogP contribution is -2.46. The first kappa shape index (κ1) is 14.6. The normalized spacial score (nSPS) is 11.7. The van der Waals surface area contributed by atoms with Crippen LogP contribution in [0.15, 0.2) is 18.2 Å². The Morgan fingerprint density at radius 2 is 2.00 bits per heavy atom. The van der Waals surface area contributed by atoms with Crippen molar-refractivity contribution in [3.05, 3.63) is 29.6 Å². The predicted octanol–water partition coefficient (Wildman–Crippen LogP) is 2.29. The van der Waals surface area contributed by atoms with Crippen LogP contribution in [0.5, 0.6) is 5.75 Å². The second kappa shape index (κ2) is 5.48. The maximum atomic E-state index is 13.5.